The molecule has 1 saturated heterocycles. The van der Waals surface area contributed by atoms with Gasteiger partial charge in [0.15, 0.2) is 16.8 Å². The van der Waals surface area contributed by atoms with Gasteiger partial charge in [-0.1, -0.05) is 23.9 Å². The van der Waals surface area contributed by atoms with Crippen LogP contribution in [0.2, 0.25) is 0 Å². The number of thioether (sulfide) groups is 1. The van der Waals surface area contributed by atoms with E-state index in [4.69, 9.17) is 9.84 Å². The number of hydrogen-bond acceptors (Lipinski definition) is 8. The second-order valence-electron chi connectivity index (χ2n) is 6.76. The Bertz CT molecular complexity index is 1080. The van der Waals surface area contributed by atoms with Crippen molar-refractivity contribution >= 4 is 33.8 Å². The second kappa shape index (κ2) is 10.4. The van der Waals surface area contributed by atoms with Crippen molar-refractivity contribution in [3.05, 3.63) is 41.5 Å². The highest BCUT2D eigenvalue weighted by atomic mass is 32.2. The smallest absolute Gasteiger partial charge is 0.317 e. The van der Waals surface area contributed by atoms with E-state index < -0.39 is 27.8 Å². The molecule has 10 nitrogen and oxygen atoms in total. The molecule has 2 heterocycles. The van der Waals surface area contributed by atoms with E-state index in [-0.39, 0.29) is 60.9 Å². The molecule has 3 rings (SSSR count). The average molecular weight is 490 g/mol. The molecular formula is C18H21F2N5O5S2. The molecule has 2 aromatic rings. The fraction of sp³-hybridized carbons (Fsp3) is 0.389. The van der Waals surface area contributed by atoms with Crippen LogP contribution in [0.25, 0.3) is 0 Å². The number of nitrogens with one attached hydrogen (secondary N) is 1. The fourth-order valence-electron chi connectivity index (χ4n) is 2.94. The van der Waals surface area contributed by atoms with Gasteiger partial charge in [-0.3, -0.25) is 14.4 Å². The number of carboxylic acid groups (broad SMARTS) is 1. The van der Waals surface area contributed by atoms with E-state index in [1.54, 1.807) is 4.90 Å². The number of carboxylic acids is 1. The Morgan fingerprint density at radius 1 is 1.25 bits per heavy atom. The molecule has 0 amide bonds. The zero-order chi connectivity index (χ0) is 23.3. The molecule has 0 unspecified atom stereocenters. The first-order valence-corrected chi connectivity index (χ1v) is 11.8. The van der Waals surface area contributed by atoms with Gasteiger partial charge in [0, 0.05) is 43.6 Å². The Labute approximate surface area is 187 Å². The average Bonchev–Trinajstić information content (AvgIpc) is 2.74. The summed E-state index contributed by atoms with van der Waals surface area (Å²) >= 11 is 0.988. The number of aliphatic carboxylic acids is 1. The molecular weight excluding hydrogens is 468 g/mol. The van der Waals surface area contributed by atoms with E-state index in [0.29, 0.717) is 0 Å². The first kappa shape index (κ1) is 24.1. The molecule has 2 N–H and O–H groups in total. The summed E-state index contributed by atoms with van der Waals surface area (Å²) < 4.78 is 61.4. The zero-order valence-electron chi connectivity index (χ0n) is 17.0. The predicted octanol–water partition coefficient (Wildman–Crippen LogP) is 1.41. The normalized spacial score (nSPS) is 15.5. The molecule has 0 bridgehead atoms. The summed E-state index contributed by atoms with van der Waals surface area (Å²) in [5, 5.41) is 8.96. The van der Waals surface area contributed by atoms with Gasteiger partial charge in [0.05, 0.1) is 13.7 Å². The van der Waals surface area contributed by atoms with Crippen LogP contribution in [-0.4, -0.2) is 78.5 Å². The van der Waals surface area contributed by atoms with Gasteiger partial charge in [-0.15, -0.1) is 0 Å². The van der Waals surface area contributed by atoms with E-state index >= 15 is 0 Å². The van der Waals surface area contributed by atoms with Crippen LogP contribution in [0.5, 0.6) is 5.88 Å². The van der Waals surface area contributed by atoms with Crippen LogP contribution in [0.1, 0.15) is 5.56 Å². The molecule has 14 heteroatoms. The summed E-state index contributed by atoms with van der Waals surface area (Å²) in [4.78, 5) is 20.7. The number of nitrogens with zero attached hydrogens (tertiary/aromatic N) is 4. The van der Waals surface area contributed by atoms with E-state index in [1.165, 1.54) is 29.6 Å². The van der Waals surface area contributed by atoms with Crippen LogP contribution in [0.3, 0.4) is 0 Å². The van der Waals surface area contributed by atoms with Crippen molar-refractivity contribution in [1.29, 1.82) is 0 Å². The van der Waals surface area contributed by atoms with Gasteiger partial charge in [-0.05, 0) is 6.07 Å². The molecule has 0 atom stereocenters. The van der Waals surface area contributed by atoms with Gasteiger partial charge in [0.2, 0.25) is 5.88 Å². The fourth-order valence-corrected chi connectivity index (χ4v) is 4.91. The van der Waals surface area contributed by atoms with Crippen LogP contribution in [-0.2, 0) is 20.8 Å². The summed E-state index contributed by atoms with van der Waals surface area (Å²) in [5.41, 5.74) is 0.114. The Balaban J connectivity index is 1.69. The molecule has 1 aromatic heterocycles. The lowest BCUT2D eigenvalue weighted by molar-refractivity contribution is -0.138. The zero-order valence-corrected chi connectivity index (χ0v) is 18.6. The molecule has 1 aromatic carbocycles. The van der Waals surface area contributed by atoms with Gasteiger partial charge < -0.3 is 9.84 Å². The van der Waals surface area contributed by atoms with Crippen molar-refractivity contribution in [3.63, 3.8) is 0 Å². The van der Waals surface area contributed by atoms with E-state index in [1.807, 2.05) is 0 Å². The molecule has 1 aliphatic heterocycles. The number of ether oxygens (including phenoxy) is 1. The van der Waals surface area contributed by atoms with Crippen LogP contribution >= 0.6 is 11.8 Å². The van der Waals surface area contributed by atoms with Crippen LogP contribution in [0.4, 0.5) is 14.6 Å². The largest absolute Gasteiger partial charge is 0.481 e. The Hall–Kier alpha value is -2.55. The van der Waals surface area contributed by atoms with Gasteiger partial charge in [-0.25, -0.2) is 13.8 Å². The predicted molar refractivity (Wildman–Crippen MR) is 113 cm³/mol. The lowest BCUT2D eigenvalue weighted by Gasteiger charge is -2.32. The molecule has 1 fully saturated rings. The molecule has 0 spiro atoms. The number of benzene rings is 1. The Morgan fingerprint density at radius 2 is 1.97 bits per heavy atom. The van der Waals surface area contributed by atoms with Gasteiger partial charge >= 0.3 is 16.2 Å². The van der Waals surface area contributed by atoms with Crippen molar-refractivity contribution in [2.24, 2.45) is 0 Å². The number of anilines is 1. The minimum absolute atomic E-state index is 0.0223. The Morgan fingerprint density at radius 3 is 2.62 bits per heavy atom. The van der Waals surface area contributed by atoms with Crippen LogP contribution < -0.4 is 9.46 Å². The van der Waals surface area contributed by atoms with Crippen molar-refractivity contribution in [2.75, 3.05) is 44.6 Å². The molecule has 0 aliphatic carbocycles. The number of methoxy groups -OCH3 is 1. The Kier molecular flexibility index (Phi) is 7.82. The maximum Gasteiger partial charge on any atom is 0.317 e. The SMILES string of the molecule is COc1cc(NS(=O)(=O)N2CCN(CC(=O)O)CC2)nc(SCc2cccc(F)c2F)n1. The summed E-state index contributed by atoms with van der Waals surface area (Å²) in [7, 11) is -2.61. The first-order chi connectivity index (χ1) is 15.2. The molecule has 0 radical (unpaired) electrons. The number of piperazine rings is 1. The maximum atomic E-state index is 13.9. The van der Waals surface area contributed by atoms with Crippen LogP contribution in [0.15, 0.2) is 29.4 Å². The highest BCUT2D eigenvalue weighted by Gasteiger charge is 2.28. The summed E-state index contributed by atoms with van der Waals surface area (Å²) in [6, 6.07) is 5.13. The van der Waals surface area contributed by atoms with Gasteiger partial charge in [0.1, 0.15) is 5.82 Å². The van der Waals surface area contributed by atoms with Crippen molar-refractivity contribution in [1.82, 2.24) is 19.2 Å². The number of hydrogen-bond donors (Lipinski definition) is 2. The van der Waals surface area contributed by atoms with Gasteiger partial charge in [-0.2, -0.15) is 17.7 Å². The highest BCUT2D eigenvalue weighted by molar-refractivity contribution is 7.98. The second-order valence-corrected chi connectivity index (χ2v) is 9.37. The van der Waals surface area contributed by atoms with Crippen molar-refractivity contribution in [2.45, 2.75) is 10.9 Å². The van der Waals surface area contributed by atoms with Crippen molar-refractivity contribution < 1.29 is 31.8 Å². The summed E-state index contributed by atoms with van der Waals surface area (Å²) in [6.45, 7) is 0.634. The number of halogens is 2. The first-order valence-electron chi connectivity index (χ1n) is 9.38. The summed E-state index contributed by atoms with van der Waals surface area (Å²) in [5.74, 6) is -2.85. The quantitative estimate of drug-likeness (QED) is 0.397. The third kappa shape index (κ3) is 6.25. The number of carbonyl (C=O) groups is 1. The number of rotatable bonds is 9. The van der Waals surface area contributed by atoms with E-state index in [0.717, 1.165) is 17.8 Å². The van der Waals surface area contributed by atoms with Gasteiger partial charge in [0.25, 0.3) is 0 Å². The highest BCUT2D eigenvalue weighted by Crippen LogP contribution is 2.26. The molecule has 32 heavy (non-hydrogen) atoms. The topological polar surface area (TPSA) is 125 Å². The van der Waals surface area contributed by atoms with E-state index in [2.05, 4.69) is 14.7 Å². The minimum atomic E-state index is -3.96. The monoisotopic (exact) mass is 489 g/mol. The molecule has 174 valence electrons. The van der Waals surface area contributed by atoms with Crippen molar-refractivity contribution in [3.8, 4) is 5.88 Å². The molecule has 1 aliphatic rings. The third-order valence-electron chi connectivity index (χ3n) is 4.54. The van der Waals surface area contributed by atoms with Crippen LogP contribution in [0, 0.1) is 11.6 Å². The standard InChI is InChI=1S/C18H21F2N5O5S2/c1-30-15-9-14(21-18(22-15)31-11-12-3-2-4-13(19)17(12)20)23-32(28,29)25-7-5-24(6-8-25)10-16(26)27/h2-4,9H,5-8,10-11H2,1H3,(H,26,27)(H,21,22,23). The summed E-state index contributed by atoms with van der Waals surface area (Å²) in [6.07, 6.45) is 0. The van der Waals surface area contributed by atoms with E-state index in [9.17, 15) is 22.0 Å². The number of aromatic nitrogens is 2. The minimum Gasteiger partial charge on any atom is -0.481 e. The lowest BCUT2D eigenvalue weighted by atomic mass is 10.2. The maximum absolute atomic E-state index is 13.9. The molecule has 0 saturated carbocycles. The third-order valence-corrected chi connectivity index (χ3v) is 6.95. The lowest BCUT2D eigenvalue weighted by Crippen LogP contribution is -2.51.